The maximum Gasteiger partial charge on any atom is 0.238 e. The van der Waals surface area contributed by atoms with Crippen LogP contribution in [-0.4, -0.2) is 67.6 Å². The Kier molecular flexibility index (Phi) is 9.55. The third-order valence-corrected chi connectivity index (χ3v) is 5.33. The SMILES string of the molecule is CCCN(C)CNc1ccc2c(c1)C1=NNC(CC)C1C(=O)N2CCCN.CCO. The number of carbonyl (C=O) groups is 1. The van der Waals surface area contributed by atoms with E-state index in [4.69, 9.17) is 10.8 Å². The molecule has 0 bridgehead atoms. The topological polar surface area (TPSA) is 106 Å². The van der Waals surface area contributed by atoms with Gasteiger partial charge in [0, 0.05) is 24.4 Å². The van der Waals surface area contributed by atoms with Gasteiger partial charge < -0.3 is 26.5 Å². The Bertz CT molecular complexity index is 724. The Morgan fingerprint density at radius 1 is 1.33 bits per heavy atom. The van der Waals surface area contributed by atoms with Gasteiger partial charge in [0.15, 0.2) is 0 Å². The summed E-state index contributed by atoms with van der Waals surface area (Å²) in [5.74, 6) is -0.0757. The molecule has 8 nitrogen and oxygen atoms in total. The minimum absolute atomic E-state index is 0.0633. The Morgan fingerprint density at radius 2 is 2.07 bits per heavy atom. The fraction of sp³-hybridized carbons (Fsp3) is 0.636. The second-order valence-electron chi connectivity index (χ2n) is 7.71. The van der Waals surface area contributed by atoms with Crippen LogP contribution in [0.3, 0.4) is 0 Å². The number of carbonyl (C=O) groups excluding carboxylic acids is 1. The van der Waals surface area contributed by atoms with Crippen LogP contribution in [0.25, 0.3) is 0 Å². The molecule has 1 aromatic rings. The van der Waals surface area contributed by atoms with Crippen LogP contribution in [0.1, 0.15) is 45.6 Å². The first-order valence-electron chi connectivity index (χ1n) is 11.0. The molecule has 2 aliphatic rings. The van der Waals surface area contributed by atoms with Crippen LogP contribution in [0.2, 0.25) is 0 Å². The van der Waals surface area contributed by atoms with Crippen LogP contribution in [0.5, 0.6) is 0 Å². The quantitative estimate of drug-likeness (QED) is 0.456. The molecular formula is C22H38N6O2. The van der Waals surface area contributed by atoms with Crippen molar-refractivity contribution in [1.82, 2.24) is 10.3 Å². The van der Waals surface area contributed by atoms with Crippen molar-refractivity contribution in [1.29, 1.82) is 0 Å². The third kappa shape index (κ3) is 5.50. The molecule has 3 rings (SSSR count). The summed E-state index contributed by atoms with van der Waals surface area (Å²) >= 11 is 0. The Morgan fingerprint density at radius 3 is 2.70 bits per heavy atom. The number of nitrogens with one attached hydrogen (secondary N) is 2. The first kappa shape index (κ1) is 24.1. The summed E-state index contributed by atoms with van der Waals surface area (Å²) in [4.78, 5) is 17.3. The molecule has 0 radical (unpaired) electrons. The molecule has 2 atom stereocenters. The number of hydrogen-bond acceptors (Lipinski definition) is 7. The highest BCUT2D eigenvalue weighted by atomic mass is 16.2. The molecular weight excluding hydrogens is 380 g/mol. The van der Waals surface area contributed by atoms with E-state index in [9.17, 15) is 4.79 Å². The Balaban J connectivity index is 0.00000101. The molecule has 5 N–H and O–H groups in total. The summed E-state index contributed by atoms with van der Waals surface area (Å²) in [5.41, 5.74) is 12.8. The molecule has 0 aromatic heterocycles. The molecule has 0 spiro atoms. The minimum Gasteiger partial charge on any atom is -0.397 e. The first-order chi connectivity index (χ1) is 14.5. The van der Waals surface area contributed by atoms with Crippen LogP contribution in [0.4, 0.5) is 11.4 Å². The van der Waals surface area contributed by atoms with Crippen molar-refractivity contribution >= 4 is 23.0 Å². The number of nitrogens with two attached hydrogens (primary N) is 1. The van der Waals surface area contributed by atoms with E-state index in [1.165, 1.54) is 0 Å². The fourth-order valence-corrected chi connectivity index (χ4v) is 3.87. The molecule has 0 fully saturated rings. The van der Waals surface area contributed by atoms with Gasteiger partial charge in [-0.1, -0.05) is 13.8 Å². The van der Waals surface area contributed by atoms with Crippen molar-refractivity contribution in [2.45, 2.75) is 46.1 Å². The van der Waals surface area contributed by atoms with Gasteiger partial charge in [-0.25, -0.2) is 0 Å². The average molecular weight is 419 g/mol. The van der Waals surface area contributed by atoms with Crippen LogP contribution in [0.15, 0.2) is 23.3 Å². The van der Waals surface area contributed by atoms with Gasteiger partial charge in [0.1, 0.15) is 5.92 Å². The summed E-state index contributed by atoms with van der Waals surface area (Å²) in [6.45, 7) is 9.26. The number of hydrogen-bond donors (Lipinski definition) is 4. The molecule has 2 unspecified atom stereocenters. The highest BCUT2D eigenvalue weighted by Crippen LogP contribution is 2.37. The number of amides is 1. The molecule has 168 valence electrons. The average Bonchev–Trinajstić information content (AvgIpc) is 3.18. The normalized spacial score (nSPS) is 19.5. The van der Waals surface area contributed by atoms with E-state index in [1.807, 2.05) is 17.0 Å². The lowest BCUT2D eigenvalue weighted by molar-refractivity contribution is -0.121. The number of nitrogens with zero attached hydrogens (tertiary/aromatic N) is 3. The van der Waals surface area contributed by atoms with Gasteiger partial charge in [-0.3, -0.25) is 9.69 Å². The summed E-state index contributed by atoms with van der Waals surface area (Å²) < 4.78 is 0. The molecule has 0 aliphatic carbocycles. The number of fused-ring (bicyclic) bond motifs is 3. The molecule has 1 amide bonds. The van der Waals surface area contributed by atoms with Gasteiger partial charge in [-0.2, -0.15) is 5.10 Å². The van der Waals surface area contributed by atoms with Crippen LogP contribution in [-0.2, 0) is 4.79 Å². The van der Waals surface area contributed by atoms with E-state index >= 15 is 0 Å². The number of benzene rings is 1. The predicted molar refractivity (Wildman–Crippen MR) is 124 cm³/mol. The standard InChI is InChI=1S/C20H32N6O.C2H6O/c1-4-10-25(3)13-22-14-7-8-17-15(12-14)19-18(16(5-2)23-24-19)20(27)26(17)11-6-9-21;1-2-3/h7-8,12,16,18,22-23H,4-6,9-11,13,21H2,1-3H3;3H,2H2,1H3. The second-order valence-corrected chi connectivity index (χ2v) is 7.71. The summed E-state index contributed by atoms with van der Waals surface area (Å²) in [6, 6.07) is 6.27. The van der Waals surface area contributed by atoms with Gasteiger partial charge in [0.25, 0.3) is 0 Å². The number of rotatable bonds is 9. The Labute approximate surface area is 180 Å². The van der Waals surface area contributed by atoms with Crippen molar-refractivity contribution in [3.8, 4) is 0 Å². The molecule has 0 saturated carbocycles. The van der Waals surface area contributed by atoms with Gasteiger partial charge >= 0.3 is 0 Å². The molecule has 2 heterocycles. The van der Waals surface area contributed by atoms with Crippen molar-refractivity contribution in [2.75, 3.05) is 50.2 Å². The monoisotopic (exact) mass is 418 g/mol. The number of aliphatic hydroxyl groups is 1. The van der Waals surface area contributed by atoms with Crippen molar-refractivity contribution in [3.05, 3.63) is 23.8 Å². The maximum absolute atomic E-state index is 13.2. The van der Waals surface area contributed by atoms with E-state index in [0.29, 0.717) is 13.1 Å². The molecule has 2 aliphatic heterocycles. The smallest absolute Gasteiger partial charge is 0.238 e. The molecule has 0 saturated heterocycles. The van der Waals surface area contributed by atoms with Gasteiger partial charge in [0.2, 0.25) is 5.91 Å². The largest absolute Gasteiger partial charge is 0.397 e. The summed E-state index contributed by atoms with van der Waals surface area (Å²) in [7, 11) is 2.11. The number of hydrazone groups is 1. The molecule has 8 heteroatoms. The zero-order valence-corrected chi connectivity index (χ0v) is 18.8. The summed E-state index contributed by atoms with van der Waals surface area (Å²) in [5, 5.41) is 15.6. The zero-order valence-electron chi connectivity index (χ0n) is 18.8. The highest BCUT2D eigenvalue weighted by Gasteiger charge is 2.44. The van der Waals surface area contributed by atoms with Crippen molar-refractivity contribution in [2.24, 2.45) is 16.8 Å². The van der Waals surface area contributed by atoms with E-state index in [1.54, 1.807) is 6.92 Å². The van der Waals surface area contributed by atoms with Crippen LogP contribution in [0, 0.1) is 5.92 Å². The summed E-state index contributed by atoms with van der Waals surface area (Å²) in [6.07, 6.45) is 2.78. The van der Waals surface area contributed by atoms with E-state index in [-0.39, 0.29) is 24.5 Å². The van der Waals surface area contributed by atoms with Crippen LogP contribution < -0.4 is 21.4 Å². The van der Waals surface area contributed by atoms with E-state index < -0.39 is 0 Å². The fourth-order valence-electron chi connectivity index (χ4n) is 3.87. The van der Waals surface area contributed by atoms with Crippen molar-refractivity contribution in [3.63, 3.8) is 0 Å². The lowest BCUT2D eigenvalue weighted by Gasteiger charge is -2.35. The maximum atomic E-state index is 13.2. The minimum atomic E-state index is -0.210. The predicted octanol–water partition coefficient (Wildman–Crippen LogP) is 1.79. The number of anilines is 2. The van der Waals surface area contributed by atoms with Gasteiger partial charge in [-0.05, 0) is 64.5 Å². The Hall–Kier alpha value is -2.16. The molecule has 1 aromatic carbocycles. The van der Waals surface area contributed by atoms with Crippen LogP contribution >= 0.6 is 0 Å². The van der Waals surface area contributed by atoms with Gasteiger partial charge in [-0.15, -0.1) is 0 Å². The van der Waals surface area contributed by atoms with Gasteiger partial charge in [0.05, 0.1) is 24.1 Å². The number of aliphatic hydroxyl groups excluding tert-OH is 1. The van der Waals surface area contributed by atoms with E-state index in [2.05, 4.69) is 47.7 Å². The van der Waals surface area contributed by atoms with E-state index in [0.717, 1.165) is 55.1 Å². The lowest BCUT2D eigenvalue weighted by Crippen LogP contribution is -2.49. The highest BCUT2D eigenvalue weighted by molar-refractivity contribution is 6.25. The van der Waals surface area contributed by atoms with Crippen molar-refractivity contribution < 1.29 is 9.90 Å². The first-order valence-corrected chi connectivity index (χ1v) is 11.0. The zero-order chi connectivity index (χ0) is 22.1. The third-order valence-electron chi connectivity index (χ3n) is 5.33. The molecule has 30 heavy (non-hydrogen) atoms. The lowest BCUT2D eigenvalue weighted by atomic mass is 9.84. The second kappa shape index (κ2) is 11.9.